The van der Waals surface area contributed by atoms with E-state index < -0.39 is 10.0 Å². The van der Waals surface area contributed by atoms with Gasteiger partial charge in [0.2, 0.25) is 10.0 Å². The Balaban J connectivity index is 2.35. The third-order valence-electron chi connectivity index (χ3n) is 3.23. The van der Waals surface area contributed by atoms with Crippen molar-refractivity contribution in [2.75, 3.05) is 25.0 Å². The number of nitrogens with one attached hydrogen (secondary N) is 1. The van der Waals surface area contributed by atoms with Gasteiger partial charge in [-0.1, -0.05) is 25.1 Å². The molecule has 1 heterocycles. The molecule has 0 amide bonds. The third-order valence-corrected chi connectivity index (χ3v) is 5.14. The molecule has 1 aromatic rings. The summed E-state index contributed by atoms with van der Waals surface area (Å²) >= 11 is 0. The first-order valence-corrected chi connectivity index (χ1v) is 7.90. The lowest BCUT2D eigenvalue weighted by atomic mass is 10.2. The summed E-state index contributed by atoms with van der Waals surface area (Å²) in [5.41, 5.74) is 2.96. The number of hydrogen-bond donors (Lipinski definition) is 1. The highest BCUT2D eigenvalue weighted by Gasteiger charge is 2.24. The molecule has 0 saturated heterocycles. The number of fused-ring (bicyclic) bond motifs is 1. The Hall–Kier alpha value is -1.33. The van der Waals surface area contributed by atoms with E-state index in [0.717, 1.165) is 24.2 Å². The first kappa shape index (κ1) is 14.1. The average Bonchev–Trinajstić information content (AvgIpc) is 2.82. The summed E-state index contributed by atoms with van der Waals surface area (Å²) in [4.78, 5) is 0.351. The van der Waals surface area contributed by atoms with Gasteiger partial charge < -0.3 is 5.32 Å². The van der Waals surface area contributed by atoms with Crippen LogP contribution in [0.3, 0.4) is 0 Å². The van der Waals surface area contributed by atoms with Crippen molar-refractivity contribution < 1.29 is 8.42 Å². The van der Waals surface area contributed by atoms with Crippen molar-refractivity contribution in [2.45, 2.75) is 25.2 Å². The molecule has 1 aromatic carbocycles. The zero-order valence-corrected chi connectivity index (χ0v) is 12.3. The second-order valence-corrected chi connectivity index (χ2v) is 6.82. The molecule has 2 rings (SSSR count). The highest BCUT2D eigenvalue weighted by atomic mass is 32.2. The monoisotopic (exact) mass is 280 g/mol. The Bertz CT molecular complexity index is 593. The van der Waals surface area contributed by atoms with Crippen molar-refractivity contribution in [3.63, 3.8) is 0 Å². The van der Waals surface area contributed by atoms with Crippen LogP contribution in [0.5, 0.6) is 0 Å². The average molecular weight is 280 g/mol. The molecule has 0 saturated carbocycles. The number of anilines is 1. The molecular formula is C14H20N2O2S. The SMILES string of the molecule is C=C(C)CN(CC)S(=O)(=O)c1ccc2c(c1)NCC2. The number of sulfonamides is 1. The largest absolute Gasteiger partial charge is 0.384 e. The van der Waals surface area contributed by atoms with Crippen LogP contribution in [0, 0.1) is 0 Å². The molecule has 0 unspecified atom stereocenters. The fraction of sp³-hybridized carbons (Fsp3) is 0.429. The quantitative estimate of drug-likeness (QED) is 0.842. The van der Waals surface area contributed by atoms with E-state index in [1.54, 1.807) is 12.1 Å². The molecule has 1 aliphatic rings. The van der Waals surface area contributed by atoms with Crippen molar-refractivity contribution >= 4 is 15.7 Å². The molecule has 0 spiro atoms. The Morgan fingerprint density at radius 2 is 2.21 bits per heavy atom. The molecule has 0 aliphatic carbocycles. The number of rotatable bonds is 5. The number of benzene rings is 1. The smallest absolute Gasteiger partial charge is 0.243 e. The van der Waals surface area contributed by atoms with E-state index in [1.807, 2.05) is 19.9 Å². The predicted octanol–water partition coefficient (Wildman–Crippen LogP) is 2.24. The van der Waals surface area contributed by atoms with E-state index in [0.29, 0.717) is 18.0 Å². The zero-order valence-electron chi connectivity index (χ0n) is 11.4. The van der Waals surface area contributed by atoms with Gasteiger partial charge in [0, 0.05) is 25.3 Å². The number of nitrogens with zero attached hydrogens (tertiary/aromatic N) is 1. The molecule has 1 N–H and O–H groups in total. The summed E-state index contributed by atoms with van der Waals surface area (Å²) in [6.45, 7) is 9.15. The molecule has 104 valence electrons. The van der Waals surface area contributed by atoms with Crippen LogP contribution in [0.25, 0.3) is 0 Å². The molecular weight excluding hydrogens is 260 g/mol. The minimum Gasteiger partial charge on any atom is -0.384 e. The highest BCUT2D eigenvalue weighted by Crippen LogP contribution is 2.27. The molecule has 19 heavy (non-hydrogen) atoms. The van der Waals surface area contributed by atoms with Crippen LogP contribution >= 0.6 is 0 Å². The summed E-state index contributed by atoms with van der Waals surface area (Å²) in [5, 5.41) is 3.21. The van der Waals surface area contributed by atoms with Gasteiger partial charge in [-0.15, -0.1) is 0 Å². The molecule has 0 radical (unpaired) electrons. The van der Waals surface area contributed by atoms with E-state index in [1.165, 1.54) is 9.87 Å². The molecule has 5 heteroatoms. The summed E-state index contributed by atoms with van der Waals surface area (Å²) in [5.74, 6) is 0. The number of hydrogen-bond acceptors (Lipinski definition) is 3. The van der Waals surface area contributed by atoms with Crippen molar-refractivity contribution in [3.05, 3.63) is 35.9 Å². The summed E-state index contributed by atoms with van der Waals surface area (Å²) in [7, 11) is -3.44. The van der Waals surface area contributed by atoms with Crippen molar-refractivity contribution in [1.29, 1.82) is 0 Å². The van der Waals surface area contributed by atoms with E-state index in [4.69, 9.17) is 0 Å². The Morgan fingerprint density at radius 1 is 1.47 bits per heavy atom. The van der Waals surface area contributed by atoms with Crippen molar-refractivity contribution in [2.24, 2.45) is 0 Å². The Morgan fingerprint density at radius 3 is 2.84 bits per heavy atom. The number of likely N-dealkylation sites (N-methyl/N-ethyl adjacent to an activating group) is 1. The first-order valence-electron chi connectivity index (χ1n) is 6.46. The van der Waals surface area contributed by atoms with Crippen LogP contribution in [0.2, 0.25) is 0 Å². The van der Waals surface area contributed by atoms with E-state index >= 15 is 0 Å². The van der Waals surface area contributed by atoms with Gasteiger partial charge in [-0.3, -0.25) is 0 Å². The van der Waals surface area contributed by atoms with Gasteiger partial charge in [0.05, 0.1) is 4.90 Å². The maximum Gasteiger partial charge on any atom is 0.243 e. The fourth-order valence-electron chi connectivity index (χ4n) is 2.25. The lowest BCUT2D eigenvalue weighted by Crippen LogP contribution is -2.32. The molecule has 4 nitrogen and oxygen atoms in total. The van der Waals surface area contributed by atoms with E-state index in [9.17, 15) is 8.42 Å². The standard InChI is InChI=1S/C14H20N2O2S/c1-4-16(10-11(2)3)19(17,18)13-6-5-12-7-8-15-14(12)9-13/h5-6,9,15H,2,4,7-8,10H2,1,3H3. The second kappa shape index (κ2) is 5.35. The van der Waals surface area contributed by atoms with E-state index in [2.05, 4.69) is 11.9 Å². The molecule has 1 aliphatic heterocycles. The van der Waals surface area contributed by atoms with E-state index in [-0.39, 0.29) is 0 Å². The van der Waals surface area contributed by atoms with Crippen LogP contribution in [-0.4, -0.2) is 32.4 Å². The lowest BCUT2D eigenvalue weighted by molar-refractivity contribution is 0.453. The Labute approximate surface area is 115 Å². The Kier molecular flexibility index (Phi) is 3.96. The van der Waals surface area contributed by atoms with Gasteiger partial charge >= 0.3 is 0 Å². The predicted molar refractivity (Wildman–Crippen MR) is 77.9 cm³/mol. The normalized spacial score (nSPS) is 14.3. The van der Waals surface area contributed by atoms with Crippen LogP contribution in [0.4, 0.5) is 5.69 Å². The van der Waals surface area contributed by atoms with Crippen molar-refractivity contribution in [1.82, 2.24) is 4.31 Å². The molecule has 0 aromatic heterocycles. The zero-order chi connectivity index (χ0) is 14.0. The summed E-state index contributed by atoms with van der Waals surface area (Å²) < 4.78 is 26.6. The van der Waals surface area contributed by atoms with Gasteiger partial charge in [-0.25, -0.2) is 8.42 Å². The third kappa shape index (κ3) is 2.82. The summed E-state index contributed by atoms with van der Waals surface area (Å²) in [6.07, 6.45) is 0.957. The highest BCUT2D eigenvalue weighted by molar-refractivity contribution is 7.89. The second-order valence-electron chi connectivity index (χ2n) is 4.88. The van der Waals surface area contributed by atoms with Gasteiger partial charge in [-0.05, 0) is 31.0 Å². The van der Waals surface area contributed by atoms with Gasteiger partial charge in [0.15, 0.2) is 0 Å². The minimum atomic E-state index is -3.44. The van der Waals surface area contributed by atoms with Gasteiger partial charge in [-0.2, -0.15) is 4.31 Å². The molecule has 0 fully saturated rings. The maximum atomic E-state index is 12.6. The van der Waals surface area contributed by atoms with Crippen molar-refractivity contribution in [3.8, 4) is 0 Å². The molecule has 0 bridgehead atoms. The first-order chi connectivity index (χ1) is 8.95. The summed E-state index contributed by atoms with van der Waals surface area (Å²) in [6, 6.07) is 5.33. The fourth-order valence-corrected chi connectivity index (χ4v) is 3.78. The van der Waals surface area contributed by atoms with Crippen LogP contribution in [-0.2, 0) is 16.4 Å². The van der Waals surface area contributed by atoms with Gasteiger partial charge in [0.25, 0.3) is 0 Å². The topological polar surface area (TPSA) is 49.4 Å². The van der Waals surface area contributed by atoms with Crippen LogP contribution < -0.4 is 5.32 Å². The van der Waals surface area contributed by atoms with Crippen LogP contribution in [0.1, 0.15) is 19.4 Å². The minimum absolute atomic E-state index is 0.351. The van der Waals surface area contributed by atoms with Gasteiger partial charge in [0.1, 0.15) is 0 Å². The lowest BCUT2D eigenvalue weighted by Gasteiger charge is -2.21. The molecule has 0 atom stereocenters. The maximum absolute atomic E-state index is 12.6. The van der Waals surface area contributed by atoms with Crippen LogP contribution in [0.15, 0.2) is 35.2 Å².